The molecule has 9 heteroatoms. The third-order valence-corrected chi connectivity index (χ3v) is 4.23. The average molecular weight is 370 g/mol. The number of rotatable bonds is 8. The van der Waals surface area contributed by atoms with Gasteiger partial charge in [-0.05, 0) is 24.6 Å². The predicted octanol–water partition coefficient (Wildman–Crippen LogP) is 2.81. The van der Waals surface area contributed by atoms with Gasteiger partial charge in [0.1, 0.15) is 5.76 Å². The number of H-pyrrole nitrogens is 1. The van der Waals surface area contributed by atoms with Crippen LogP contribution in [0.15, 0.2) is 63.4 Å². The Balaban J connectivity index is 1.43. The molecule has 0 aliphatic heterocycles. The van der Waals surface area contributed by atoms with Crippen LogP contribution in [0.5, 0.6) is 0 Å². The lowest BCUT2D eigenvalue weighted by atomic mass is 10.1. The Hall–Kier alpha value is -3.07. The normalized spacial score (nSPS) is 12.2. The highest BCUT2D eigenvalue weighted by Crippen LogP contribution is 2.15. The number of thioether (sulfide) groups is 1. The Labute approximate surface area is 154 Å². The average Bonchev–Trinajstić information content (AvgIpc) is 3.33. The first-order valence-electron chi connectivity index (χ1n) is 7.93. The number of hydrazone groups is 1. The van der Waals surface area contributed by atoms with Gasteiger partial charge in [0.2, 0.25) is 17.0 Å². The molecule has 134 valence electrons. The summed E-state index contributed by atoms with van der Waals surface area (Å²) in [5, 5.41) is 14.1. The summed E-state index contributed by atoms with van der Waals surface area (Å²) in [5.41, 5.74) is 3.77. The first kappa shape index (κ1) is 17.7. The van der Waals surface area contributed by atoms with Crippen molar-refractivity contribution in [3.05, 3.63) is 60.1 Å². The summed E-state index contributed by atoms with van der Waals surface area (Å²) in [4.78, 5) is 16.3. The molecule has 0 aliphatic rings. The Morgan fingerprint density at radius 2 is 2.19 bits per heavy atom. The van der Waals surface area contributed by atoms with E-state index in [4.69, 9.17) is 4.42 Å². The van der Waals surface area contributed by atoms with Gasteiger partial charge in [0.15, 0.2) is 0 Å². The number of hydrogen-bond donors (Lipinski definition) is 3. The zero-order valence-corrected chi connectivity index (χ0v) is 14.9. The molecule has 3 aromatic rings. The Morgan fingerprint density at radius 1 is 1.35 bits per heavy atom. The maximum absolute atomic E-state index is 12.1. The smallest absolute Gasteiger partial charge is 0.240 e. The van der Waals surface area contributed by atoms with Crippen LogP contribution in [0.2, 0.25) is 0 Å². The molecule has 8 nitrogen and oxygen atoms in total. The molecule has 0 saturated heterocycles. The van der Waals surface area contributed by atoms with Crippen LogP contribution in [0.4, 0.5) is 5.95 Å². The summed E-state index contributed by atoms with van der Waals surface area (Å²) in [6.45, 7) is 1.95. The Bertz CT molecular complexity index is 847. The number of aromatic nitrogens is 3. The zero-order valence-electron chi connectivity index (χ0n) is 14.0. The van der Waals surface area contributed by atoms with Crippen LogP contribution in [0.1, 0.15) is 24.3 Å². The standard InChI is InChI=1S/C17H18N6O2S/c1-12(13-6-3-2-4-7-13)19-15(24)11-26-17-20-16(22-23-17)21-18-10-14-8-5-9-25-14/h2-10,12H,11H2,1H3,(H,19,24)(H2,20,21,22,23)/b18-10-/t12-/m0/s1. The highest BCUT2D eigenvalue weighted by atomic mass is 32.2. The number of benzene rings is 1. The monoisotopic (exact) mass is 370 g/mol. The molecule has 2 aromatic heterocycles. The Kier molecular flexibility index (Phi) is 6.05. The number of furan rings is 1. The topological polar surface area (TPSA) is 108 Å². The molecular weight excluding hydrogens is 352 g/mol. The van der Waals surface area contributed by atoms with Gasteiger partial charge >= 0.3 is 0 Å². The van der Waals surface area contributed by atoms with Gasteiger partial charge in [-0.3, -0.25) is 4.79 Å². The van der Waals surface area contributed by atoms with Crippen molar-refractivity contribution in [2.24, 2.45) is 5.10 Å². The molecule has 0 unspecified atom stereocenters. The number of hydrogen-bond acceptors (Lipinski definition) is 7. The van der Waals surface area contributed by atoms with Gasteiger partial charge in [0.05, 0.1) is 24.3 Å². The van der Waals surface area contributed by atoms with E-state index in [2.05, 4.69) is 31.0 Å². The van der Waals surface area contributed by atoms with Crippen molar-refractivity contribution < 1.29 is 9.21 Å². The summed E-state index contributed by atoms with van der Waals surface area (Å²) < 4.78 is 5.12. The third-order valence-electron chi connectivity index (χ3n) is 3.38. The number of anilines is 1. The van der Waals surface area contributed by atoms with Gasteiger partial charge in [-0.25, -0.2) is 10.5 Å². The molecule has 1 amide bonds. The van der Waals surface area contributed by atoms with Crippen LogP contribution in [0, 0.1) is 0 Å². The number of carbonyl (C=O) groups excluding carboxylic acids is 1. The highest BCUT2D eigenvalue weighted by Gasteiger charge is 2.11. The molecule has 0 fully saturated rings. The molecule has 0 bridgehead atoms. The zero-order chi connectivity index (χ0) is 18.2. The summed E-state index contributed by atoms with van der Waals surface area (Å²) in [6, 6.07) is 13.3. The SMILES string of the molecule is C[C@H](NC(=O)CSc1n[nH]c(N/N=C\c2ccco2)n1)c1ccccc1. The van der Waals surface area contributed by atoms with E-state index in [1.807, 2.05) is 37.3 Å². The van der Waals surface area contributed by atoms with Crippen molar-refractivity contribution in [2.45, 2.75) is 18.1 Å². The Morgan fingerprint density at radius 3 is 2.96 bits per heavy atom. The lowest BCUT2D eigenvalue weighted by Crippen LogP contribution is -2.28. The van der Waals surface area contributed by atoms with E-state index in [-0.39, 0.29) is 17.7 Å². The van der Waals surface area contributed by atoms with Crippen LogP contribution in [-0.4, -0.2) is 33.1 Å². The summed E-state index contributed by atoms with van der Waals surface area (Å²) in [6.07, 6.45) is 3.09. The number of aromatic amines is 1. The molecular formula is C17H18N6O2S. The van der Waals surface area contributed by atoms with E-state index in [0.29, 0.717) is 16.9 Å². The van der Waals surface area contributed by atoms with Gasteiger partial charge < -0.3 is 9.73 Å². The molecule has 0 radical (unpaired) electrons. The minimum Gasteiger partial charge on any atom is -0.463 e. The summed E-state index contributed by atoms with van der Waals surface area (Å²) >= 11 is 1.24. The van der Waals surface area contributed by atoms with E-state index < -0.39 is 0 Å². The molecule has 2 heterocycles. The van der Waals surface area contributed by atoms with Gasteiger partial charge in [-0.1, -0.05) is 42.1 Å². The molecule has 3 rings (SSSR count). The quantitative estimate of drug-likeness (QED) is 0.320. The van der Waals surface area contributed by atoms with Gasteiger partial charge in [-0.2, -0.15) is 10.1 Å². The lowest BCUT2D eigenvalue weighted by molar-refractivity contribution is -0.119. The predicted molar refractivity (Wildman–Crippen MR) is 100 cm³/mol. The maximum Gasteiger partial charge on any atom is 0.240 e. The molecule has 0 saturated carbocycles. The minimum atomic E-state index is -0.0819. The molecule has 0 aliphatic carbocycles. The fourth-order valence-corrected chi connectivity index (χ4v) is 2.73. The van der Waals surface area contributed by atoms with Gasteiger partial charge in [0.25, 0.3) is 0 Å². The molecule has 1 aromatic carbocycles. The third kappa shape index (κ3) is 5.21. The van der Waals surface area contributed by atoms with Crippen molar-refractivity contribution in [1.82, 2.24) is 20.5 Å². The van der Waals surface area contributed by atoms with Crippen LogP contribution >= 0.6 is 11.8 Å². The lowest BCUT2D eigenvalue weighted by Gasteiger charge is -2.13. The van der Waals surface area contributed by atoms with E-state index >= 15 is 0 Å². The van der Waals surface area contributed by atoms with E-state index in [1.165, 1.54) is 18.0 Å². The second-order valence-corrected chi connectivity index (χ2v) is 6.28. The number of amides is 1. The molecule has 0 spiro atoms. The minimum absolute atomic E-state index is 0.0513. The van der Waals surface area contributed by atoms with Crippen LogP contribution in [0.3, 0.4) is 0 Å². The number of nitrogens with one attached hydrogen (secondary N) is 3. The van der Waals surface area contributed by atoms with E-state index in [1.54, 1.807) is 18.4 Å². The van der Waals surface area contributed by atoms with Crippen LogP contribution in [-0.2, 0) is 4.79 Å². The van der Waals surface area contributed by atoms with E-state index in [0.717, 1.165) is 5.56 Å². The van der Waals surface area contributed by atoms with Crippen LogP contribution < -0.4 is 10.7 Å². The summed E-state index contributed by atoms with van der Waals surface area (Å²) in [7, 11) is 0. The van der Waals surface area contributed by atoms with Crippen LogP contribution in [0.25, 0.3) is 0 Å². The van der Waals surface area contributed by atoms with Gasteiger partial charge in [0, 0.05) is 0 Å². The maximum atomic E-state index is 12.1. The van der Waals surface area contributed by atoms with Crippen molar-refractivity contribution in [1.29, 1.82) is 0 Å². The molecule has 3 N–H and O–H groups in total. The highest BCUT2D eigenvalue weighted by molar-refractivity contribution is 7.99. The van der Waals surface area contributed by atoms with Crippen molar-refractivity contribution in [3.63, 3.8) is 0 Å². The van der Waals surface area contributed by atoms with Crippen molar-refractivity contribution >= 4 is 29.8 Å². The van der Waals surface area contributed by atoms with Gasteiger partial charge in [-0.15, -0.1) is 5.10 Å². The van der Waals surface area contributed by atoms with E-state index in [9.17, 15) is 4.79 Å². The first-order chi connectivity index (χ1) is 12.7. The number of carbonyl (C=O) groups is 1. The molecule has 26 heavy (non-hydrogen) atoms. The first-order valence-corrected chi connectivity index (χ1v) is 8.91. The second kappa shape index (κ2) is 8.86. The largest absolute Gasteiger partial charge is 0.463 e. The summed E-state index contributed by atoms with van der Waals surface area (Å²) in [5.74, 6) is 1.15. The fraction of sp³-hybridized carbons (Fsp3) is 0.176. The number of nitrogens with zero attached hydrogens (tertiary/aromatic N) is 3. The van der Waals surface area contributed by atoms with Crippen molar-refractivity contribution in [3.8, 4) is 0 Å². The second-order valence-electron chi connectivity index (χ2n) is 5.34. The molecule has 1 atom stereocenters. The fourth-order valence-electron chi connectivity index (χ4n) is 2.12. The van der Waals surface area contributed by atoms with Crippen molar-refractivity contribution in [2.75, 3.05) is 11.2 Å².